The third kappa shape index (κ3) is 36.2. The smallest absolute Gasteiger partial charge is 0.305 e. The predicted octanol–water partition coefficient (Wildman–Crippen LogP) is 11.8. The molecule has 6 heteroatoms. The minimum absolute atomic E-state index is 0.0358. The maximum atomic E-state index is 12.4. The molecule has 0 radical (unpaired) electrons. The van der Waals surface area contributed by atoms with Gasteiger partial charge in [0.2, 0.25) is 5.91 Å². The van der Waals surface area contributed by atoms with Crippen LogP contribution in [0.25, 0.3) is 0 Å². The highest BCUT2D eigenvalue weighted by atomic mass is 16.5. The molecule has 2 atom stereocenters. The van der Waals surface area contributed by atoms with Gasteiger partial charge in [-0.25, -0.2) is 0 Å². The molecule has 49 heavy (non-hydrogen) atoms. The van der Waals surface area contributed by atoms with Crippen LogP contribution in [0.4, 0.5) is 0 Å². The fourth-order valence-corrected chi connectivity index (χ4v) is 6.45. The summed E-state index contributed by atoms with van der Waals surface area (Å²) in [6.45, 7) is 4.84. The highest BCUT2D eigenvalue weighted by Gasteiger charge is 2.20. The van der Waals surface area contributed by atoms with E-state index < -0.39 is 12.1 Å². The Morgan fingerprint density at radius 1 is 0.551 bits per heavy atom. The Morgan fingerprint density at radius 2 is 0.959 bits per heavy atom. The van der Waals surface area contributed by atoms with Crippen LogP contribution in [-0.4, -0.2) is 47.4 Å². The number of carbonyl (C=O) groups is 2. The molecule has 0 rings (SSSR count). The summed E-state index contributed by atoms with van der Waals surface area (Å²) in [6.07, 6.45) is 41.6. The first kappa shape index (κ1) is 47.6. The molecule has 0 aliphatic rings. The number of aliphatic hydroxyl groups is 2. The predicted molar refractivity (Wildman–Crippen MR) is 209 cm³/mol. The lowest BCUT2D eigenvalue weighted by atomic mass is 10.0. The number of nitrogens with one attached hydrogen (secondary N) is 1. The molecule has 0 bridgehead atoms. The Kier molecular flexibility index (Phi) is 38.3. The van der Waals surface area contributed by atoms with Crippen molar-refractivity contribution < 1.29 is 24.5 Å². The Balaban J connectivity index is 3.51. The molecule has 0 aromatic carbocycles. The number of ether oxygens (including phenoxy) is 1. The van der Waals surface area contributed by atoms with E-state index >= 15 is 0 Å². The first-order valence-corrected chi connectivity index (χ1v) is 21.4. The Hall–Kier alpha value is -1.40. The van der Waals surface area contributed by atoms with Crippen molar-refractivity contribution >= 4 is 11.9 Å². The molecular formula is C43H83NO5. The number of rotatable bonds is 39. The highest BCUT2D eigenvalue weighted by molar-refractivity contribution is 5.76. The number of unbranched alkanes of at least 4 members (excludes halogenated alkanes) is 26. The average Bonchev–Trinajstić information content (AvgIpc) is 3.10. The number of amides is 1. The maximum Gasteiger partial charge on any atom is 0.305 e. The van der Waals surface area contributed by atoms with Gasteiger partial charge in [-0.1, -0.05) is 174 Å². The zero-order valence-corrected chi connectivity index (χ0v) is 32.7. The molecule has 0 aliphatic heterocycles. The molecule has 0 aliphatic carbocycles. The lowest BCUT2D eigenvalue weighted by Crippen LogP contribution is -2.45. The van der Waals surface area contributed by atoms with E-state index in [1.54, 1.807) is 0 Å². The van der Waals surface area contributed by atoms with E-state index in [0.717, 1.165) is 57.8 Å². The fourth-order valence-electron chi connectivity index (χ4n) is 6.45. The Morgan fingerprint density at radius 3 is 1.49 bits per heavy atom. The van der Waals surface area contributed by atoms with E-state index in [1.807, 2.05) is 0 Å². The van der Waals surface area contributed by atoms with Crippen LogP contribution in [0.15, 0.2) is 12.2 Å². The monoisotopic (exact) mass is 694 g/mol. The molecule has 0 aromatic heterocycles. The van der Waals surface area contributed by atoms with Crippen molar-refractivity contribution in [3.05, 3.63) is 12.2 Å². The summed E-state index contributed by atoms with van der Waals surface area (Å²) in [5, 5.41) is 23.0. The van der Waals surface area contributed by atoms with E-state index in [0.29, 0.717) is 25.9 Å². The van der Waals surface area contributed by atoms with E-state index in [2.05, 4.69) is 31.3 Å². The van der Waals surface area contributed by atoms with E-state index in [9.17, 15) is 19.8 Å². The van der Waals surface area contributed by atoms with Gasteiger partial charge in [0.15, 0.2) is 0 Å². The highest BCUT2D eigenvalue weighted by Crippen LogP contribution is 2.15. The van der Waals surface area contributed by atoms with Gasteiger partial charge in [-0.15, -0.1) is 0 Å². The summed E-state index contributed by atoms with van der Waals surface area (Å²) in [6, 6.07) is -0.559. The lowest BCUT2D eigenvalue weighted by Gasteiger charge is -2.22. The van der Waals surface area contributed by atoms with Crippen molar-refractivity contribution in [1.82, 2.24) is 5.32 Å². The van der Waals surface area contributed by atoms with Crippen LogP contribution >= 0.6 is 0 Å². The summed E-state index contributed by atoms with van der Waals surface area (Å²) in [7, 11) is 0. The molecule has 2 unspecified atom stereocenters. The van der Waals surface area contributed by atoms with Gasteiger partial charge < -0.3 is 20.3 Å². The number of aliphatic hydroxyl groups excluding tert-OH is 2. The number of hydrogen-bond donors (Lipinski definition) is 3. The van der Waals surface area contributed by atoms with Crippen molar-refractivity contribution in [1.29, 1.82) is 0 Å². The second kappa shape index (κ2) is 39.4. The molecule has 0 saturated heterocycles. The first-order chi connectivity index (χ1) is 24.0. The number of esters is 1. The molecule has 0 heterocycles. The van der Waals surface area contributed by atoms with Crippen LogP contribution in [0.2, 0.25) is 0 Å². The standard InChI is InChI=1S/C43H83NO5/c1-3-5-7-9-11-13-15-17-21-25-29-33-37-43(48)49-38-34-30-26-22-18-20-24-28-32-36-42(47)44-40(39-45)41(46)35-31-27-23-19-16-14-12-10-8-6-4-2/h11,13,40-41,45-46H,3-10,12,14-39H2,1-2H3,(H,44,47)/b13-11-. The molecule has 3 N–H and O–H groups in total. The second-order valence-corrected chi connectivity index (χ2v) is 14.7. The number of hydrogen-bond acceptors (Lipinski definition) is 5. The van der Waals surface area contributed by atoms with Crippen molar-refractivity contribution in [2.75, 3.05) is 13.2 Å². The molecule has 0 spiro atoms. The second-order valence-electron chi connectivity index (χ2n) is 14.7. The van der Waals surface area contributed by atoms with E-state index in [4.69, 9.17) is 4.74 Å². The molecule has 6 nitrogen and oxygen atoms in total. The zero-order chi connectivity index (χ0) is 35.9. The zero-order valence-electron chi connectivity index (χ0n) is 32.7. The Labute approximate surface area is 304 Å². The summed E-state index contributed by atoms with van der Waals surface area (Å²) in [5.74, 6) is -0.101. The van der Waals surface area contributed by atoms with Crippen LogP contribution in [-0.2, 0) is 14.3 Å². The molecule has 1 amide bonds. The van der Waals surface area contributed by atoms with Gasteiger partial charge in [0, 0.05) is 12.8 Å². The quantitative estimate of drug-likeness (QED) is 0.0338. The topological polar surface area (TPSA) is 95.9 Å². The minimum atomic E-state index is -0.679. The molecule has 0 fully saturated rings. The molecule has 290 valence electrons. The van der Waals surface area contributed by atoms with E-state index in [-0.39, 0.29) is 18.5 Å². The summed E-state index contributed by atoms with van der Waals surface area (Å²) in [5.41, 5.74) is 0. The van der Waals surface area contributed by atoms with E-state index in [1.165, 1.54) is 135 Å². The number of allylic oxidation sites excluding steroid dienone is 2. The van der Waals surface area contributed by atoms with Gasteiger partial charge in [0.1, 0.15) is 0 Å². The summed E-state index contributed by atoms with van der Waals surface area (Å²) in [4.78, 5) is 24.3. The van der Waals surface area contributed by atoms with Gasteiger partial charge in [-0.3, -0.25) is 9.59 Å². The van der Waals surface area contributed by atoms with Crippen molar-refractivity contribution in [2.45, 2.75) is 238 Å². The SMILES string of the molecule is CCCCC/C=C\CCCCCCCC(=O)OCCCCCCCCCCCC(=O)NC(CO)C(O)CCCCCCCCCCCCC. The molecular weight excluding hydrogens is 610 g/mol. The van der Waals surface area contributed by atoms with Crippen LogP contribution in [0.3, 0.4) is 0 Å². The van der Waals surface area contributed by atoms with Crippen molar-refractivity contribution in [2.24, 2.45) is 0 Å². The summed E-state index contributed by atoms with van der Waals surface area (Å²) >= 11 is 0. The maximum absolute atomic E-state index is 12.4. The molecule has 0 saturated carbocycles. The Bertz CT molecular complexity index is 727. The average molecular weight is 694 g/mol. The van der Waals surface area contributed by atoms with Crippen molar-refractivity contribution in [3.8, 4) is 0 Å². The first-order valence-electron chi connectivity index (χ1n) is 21.4. The van der Waals surface area contributed by atoms with Gasteiger partial charge in [-0.2, -0.15) is 0 Å². The van der Waals surface area contributed by atoms with Crippen LogP contribution in [0.5, 0.6) is 0 Å². The van der Waals surface area contributed by atoms with Gasteiger partial charge >= 0.3 is 5.97 Å². The normalized spacial score (nSPS) is 12.8. The van der Waals surface area contributed by atoms with Gasteiger partial charge in [0.05, 0.1) is 25.4 Å². The van der Waals surface area contributed by atoms with Crippen LogP contribution < -0.4 is 5.32 Å². The van der Waals surface area contributed by atoms with Crippen molar-refractivity contribution in [3.63, 3.8) is 0 Å². The minimum Gasteiger partial charge on any atom is -0.466 e. The van der Waals surface area contributed by atoms with Gasteiger partial charge in [0.25, 0.3) is 0 Å². The third-order valence-corrected chi connectivity index (χ3v) is 9.81. The van der Waals surface area contributed by atoms with Crippen LogP contribution in [0.1, 0.15) is 226 Å². The molecule has 0 aromatic rings. The summed E-state index contributed by atoms with van der Waals surface area (Å²) < 4.78 is 5.42. The van der Waals surface area contributed by atoms with Crippen LogP contribution in [0, 0.1) is 0 Å². The third-order valence-electron chi connectivity index (χ3n) is 9.81. The fraction of sp³-hybridized carbons (Fsp3) is 0.907. The lowest BCUT2D eigenvalue weighted by molar-refractivity contribution is -0.143. The largest absolute Gasteiger partial charge is 0.466 e. The van der Waals surface area contributed by atoms with Gasteiger partial charge in [-0.05, 0) is 51.4 Å². The number of carbonyl (C=O) groups excluding carboxylic acids is 2.